The Morgan fingerprint density at radius 2 is 0.721 bits per heavy atom. The Morgan fingerprint density at radius 1 is 0.361 bits per heavy atom. The molecule has 0 heterocycles. The van der Waals surface area contributed by atoms with Crippen LogP contribution in [0.1, 0.15) is 188 Å². The van der Waals surface area contributed by atoms with Gasteiger partial charge in [-0.1, -0.05) is 219 Å². The molecule has 0 aliphatic carbocycles. The van der Waals surface area contributed by atoms with Crippen LogP contribution in [0.3, 0.4) is 0 Å². The van der Waals surface area contributed by atoms with Gasteiger partial charge in [0, 0.05) is 19.3 Å². The summed E-state index contributed by atoms with van der Waals surface area (Å²) in [6, 6.07) is 0. The summed E-state index contributed by atoms with van der Waals surface area (Å²) in [5, 5.41) is 0. The van der Waals surface area contributed by atoms with Crippen molar-refractivity contribution in [2.24, 2.45) is 0 Å². The quantitative estimate of drug-likeness (QED) is 0.0201. The van der Waals surface area contributed by atoms with Crippen molar-refractivity contribution >= 4 is 17.9 Å². The van der Waals surface area contributed by atoms with Crippen LogP contribution in [0.15, 0.2) is 122 Å². The number of hydrogen-bond donors (Lipinski definition) is 0. The van der Waals surface area contributed by atoms with Crippen LogP contribution in [0.2, 0.25) is 0 Å². The molecule has 0 saturated heterocycles. The highest BCUT2D eigenvalue weighted by Gasteiger charge is 2.19. The molecule has 0 saturated carbocycles. The standard InChI is InChI=1S/C55H86O6/c1-4-7-10-13-16-19-22-24-26-27-28-29-30-32-33-36-39-42-45-48-54(57)60-51-52(50-59-53(56)47-44-41-38-35-21-18-15-12-9-6-3)61-55(58)49-46-43-40-37-34-31-25-23-20-17-14-11-8-5-2/h7-8,10-11,13,16-17,19-20,22,24-33,52H,4-6,9,12,14-15,18,21,23,34-51H2,1-3H3/b10-7-,11-8-,16-13-,20-17-,22-19-,26-24-,28-27+,30-29-,31-25-,33-32-. The maximum Gasteiger partial charge on any atom is 0.306 e. The minimum atomic E-state index is -0.809. The molecule has 6 nitrogen and oxygen atoms in total. The largest absolute Gasteiger partial charge is 0.462 e. The number of rotatable bonds is 41. The van der Waals surface area contributed by atoms with Gasteiger partial charge in [0.25, 0.3) is 0 Å². The third-order valence-electron chi connectivity index (χ3n) is 9.66. The van der Waals surface area contributed by atoms with Crippen LogP contribution in [0, 0.1) is 0 Å². The second kappa shape index (κ2) is 48.5. The van der Waals surface area contributed by atoms with Gasteiger partial charge < -0.3 is 14.2 Å². The predicted octanol–water partition coefficient (Wildman–Crippen LogP) is 15.7. The van der Waals surface area contributed by atoms with Gasteiger partial charge in [0.05, 0.1) is 0 Å². The molecule has 0 aliphatic heterocycles. The van der Waals surface area contributed by atoms with Gasteiger partial charge in [-0.25, -0.2) is 0 Å². The highest BCUT2D eigenvalue weighted by molar-refractivity contribution is 5.71. The molecule has 0 bridgehead atoms. The summed E-state index contributed by atoms with van der Waals surface area (Å²) in [6.07, 6.45) is 66.0. The first-order chi connectivity index (χ1) is 30.0. The van der Waals surface area contributed by atoms with Crippen LogP contribution >= 0.6 is 0 Å². The van der Waals surface area contributed by atoms with Gasteiger partial charge in [-0.15, -0.1) is 0 Å². The molecule has 6 heteroatoms. The molecule has 0 fully saturated rings. The third kappa shape index (κ3) is 46.7. The van der Waals surface area contributed by atoms with Gasteiger partial charge in [-0.2, -0.15) is 0 Å². The predicted molar refractivity (Wildman–Crippen MR) is 260 cm³/mol. The first-order valence-corrected chi connectivity index (χ1v) is 24.1. The minimum absolute atomic E-state index is 0.105. The molecule has 0 spiro atoms. The van der Waals surface area contributed by atoms with Crippen LogP contribution in [0.4, 0.5) is 0 Å². The molecule has 1 atom stereocenters. The lowest BCUT2D eigenvalue weighted by Gasteiger charge is -2.18. The minimum Gasteiger partial charge on any atom is -0.462 e. The number of carbonyl (C=O) groups is 3. The summed E-state index contributed by atoms with van der Waals surface area (Å²) in [6.45, 7) is 6.28. The van der Waals surface area contributed by atoms with E-state index < -0.39 is 6.10 Å². The molecular weight excluding hydrogens is 757 g/mol. The van der Waals surface area contributed by atoms with Gasteiger partial charge >= 0.3 is 17.9 Å². The zero-order chi connectivity index (χ0) is 44.4. The second-order valence-corrected chi connectivity index (χ2v) is 15.4. The molecule has 61 heavy (non-hydrogen) atoms. The van der Waals surface area contributed by atoms with E-state index >= 15 is 0 Å². The van der Waals surface area contributed by atoms with Crippen molar-refractivity contribution in [2.75, 3.05) is 13.2 Å². The van der Waals surface area contributed by atoms with E-state index in [4.69, 9.17) is 14.2 Å². The lowest BCUT2D eigenvalue weighted by Crippen LogP contribution is -2.30. The van der Waals surface area contributed by atoms with Crippen LogP contribution < -0.4 is 0 Å². The molecule has 342 valence electrons. The maximum absolute atomic E-state index is 12.7. The van der Waals surface area contributed by atoms with Crippen LogP contribution in [-0.2, 0) is 28.6 Å². The van der Waals surface area contributed by atoms with E-state index in [1.807, 2.05) is 72.9 Å². The fourth-order valence-corrected chi connectivity index (χ4v) is 6.08. The van der Waals surface area contributed by atoms with Crippen molar-refractivity contribution in [1.82, 2.24) is 0 Å². The highest BCUT2D eigenvalue weighted by atomic mass is 16.6. The lowest BCUT2D eigenvalue weighted by molar-refractivity contribution is -0.167. The number of allylic oxidation sites excluding steroid dienone is 20. The van der Waals surface area contributed by atoms with Crippen LogP contribution in [0.5, 0.6) is 0 Å². The summed E-state index contributed by atoms with van der Waals surface area (Å²) >= 11 is 0. The molecule has 0 aromatic carbocycles. The summed E-state index contributed by atoms with van der Waals surface area (Å²) in [5.74, 6) is -0.986. The fourth-order valence-electron chi connectivity index (χ4n) is 6.08. The average Bonchev–Trinajstić information content (AvgIpc) is 3.26. The zero-order valence-corrected chi connectivity index (χ0v) is 38.9. The van der Waals surface area contributed by atoms with Gasteiger partial charge in [-0.3, -0.25) is 14.4 Å². The van der Waals surface area contributed by atoms with Gasteiger partial charge in [0.15, 0.2) is 6.10 Å². The molecule has 0 amide bonds. The van der Waals surface area contributed by atoms with Gasteiger partial charge in [-0.05, 0) is 70.6 Å². The number of carbonyl (C=O) groups excluding carboxylic acids is 3. The van der Waals surface area contributed by atoms with Crippen molar-refractivity contribution in [1.29, 1.82) is 0 Å². The first kappa shape index (κ1) is 56.8. The fraction of sp³-hybridized carbons (Fsp3) is 0.582. The number of unbranched alkanes of at least 4 members (excludes halogenated alkanes) is 16. The third-order valence-corrected chi connectivity index (χ3v) is 9.66. The SMILES string of the molecule is CC\C=C/C=C\C=C/C=C\C=C\C=C/C=C\CCCCCC(=O)OCC(COC(=O)CCCCCCCCCCCC)OC(=O)CCCCCC/C=C\C/C=C\C/C=C\CC. The molecule has 0 aromatic rings. The Labute approximate surface area is 373 Å². The Balaban J connectivity index is 4.53. The Kier molecular flexibility index (Phi) is 45.1. The van der Waals surface area contributed by atoms with Crippen molar-refractivity contribution in [3.8, 4) is 0 Å². The van der Waals surface area contributed by atoms with Crippen molar-refractivity contribution in [3.05, 3.63) is 122 Å². The summed E-state index contributed by atoms with van der Waals surface area (Å²) in [5.41, 5.74) is 0. The van der Waals surface area contributed by atoms with E-state index in [0.29, 0.717) is 12.8 Å². The van der Waals surface area contributed by atoms with Gasteiger partial charge in [0.1, 0.15) is 13.2 Å². The van der Waals surface area contributed by atoms with E-state index in [-0.39, 0.29) is 37.5 Å². The Hall–Kier alpha value is -4.19. The molecule has 0 aliphatic rings. The lowest BCUT2D eigenvalue weighted by atomic mass is 10.1. The topological polar surface area (TPSA) is 78.9 Å². The highest BCUT2D eigenvalue weighted by Crippen LogP contribution is 2.13. The van der Waals surface area contributed by atoms with Crippen LogP contribution in [0.25, 0.3) is 0 Å². The molecule has 1 unspecified atom stereocenters. The molecule has 0 radical (unpaired) electrons. The van der Waals surface area contributed by atoms with E-state index in [1.165, 1.54) is 44.9 Å². The Morgan fingerprint density at radius 3 is 1.21 bits per heavy atom. The number of esters is 3. The van der Waals surface area contributed by atoms with Crippen LogP contribution in [-0.4, -0.2) is 37.2 Å². The van der Waals surface area contributed by atoms with E-state index in [1.54, 1.807) is 0 Å². The summed E-state index contributed by atoms with van der Waals surface area (Å²) in [4.78, 5) is 37.8. The number of ether oxygens (including phenoxy) is 3. The van der Waals surface area contributed by atoms with Crippen molar-refractivity contribution in [3.63, 3.8) is 0 Å². The molecular formula is C55H86O6. The van der Waals surface area contributed by atoms with E-state index in [2.05, 4.69) is 69.4 Å². The average molecular weight is 843 g/mol. The first-order valence-electron chi connectivity index (χ1n) is 24.1. The summed E-state index contributed by atoms with van der Waals surface area (Å²) in [7, 11) is 0. The van der Waals surface area contributed by atoms with E-state index in [0.717, 1.165) is 103 Å². The molecule has 0 N–H and O–H groups in total. The second-order valence-electron chi connectivity index (χ2n) is 15.4. The van der Waals surface area contributed by atoms with Crippen molar-refractivity contribution < 1.29 is 28.6 Å². The number of hydrogen-bond acceptors (Lipinski definition) is 6. The van der Waals surface area contributed by atoms with E-state index in [9.17, 15) is 14.4 Å². The van der Waals surface area contributed by atoms with Gasteiger partial charge in [0.2, 0.25) is 0 Å². The van der Waals surface area contributed by atoms with Crippen molar-refractivity contribution in [2.45, 2.75) is 194 Å². The smallest absolute Gasteiger partial charge is 0.306 e. The monoisotopic (exact) mass is 843 g/mol. The molecule has 0 aromatic heterocycles. The Bertz CT molecular complexity index is 1340. The zero-order valence-electron chi connectivity index (χ0n) is 38.9. The maximum atomic E-state index is 12.7. The normalized spacial score (nSPS) is 13.2. The summed E-state index contributed by atoms with van der Waals surface area (Å²) < 4.78 is 16.7. The molecule has 0 rings (SSSR count).